The van der Waals surface area contributed by atoms with Gasteiger partial charge in [-0.15, -0.1) is 0 Å². The topological polar surface area (TPSA) is 32.3 Å². The minimum absolute atomic E-state index is 0.136. The molecule has 1 saturated carbocycles. The molecule has 1 N–H and O–H groups in total. The molecule has 4 unspecified atom stereocenters. The highest BCUT2D eigenvalue weighted by molar-refractivity contribution is 5.84. The Morgan fingerprint density at radius 3 is 2.67 bits per heavy atom. The van der Waals surface area contributed by atoms with E-state index in [1.807, 2.05) is 0 Å². The molecular formula is C18H32N2O. The van der Waals surface area contributed by atoms with Gasteiger partial charge in [-0.2, -0.15) is 0 Å². The van der Waals surface area contributed by atoms with Crippen molar-refractivity contribution in [3.63, 3.8) is 0 Å². The second-order valence-electron chi connectivity index (χ2n) is 8.02. The first-order valence-corrected chi connectivity index (χ1v) is 9.08. The summed E-state index contributed by atoms with van der Waals surface area (Å²) in [6, 6.07) is 0.534. The molecule has 0 aromatic rings. The molecule has 3 fully saturated rings. The Labute approximate surface area is 129 Å². The van der Waals surface area contributed by atoms with Crippen molar-refractivity contribution in [2.75, 3.05) is 19.6 Å². The van der Waals surface area contributed by atoms with E-state index >= 15 is 0 Å². The maximum absolute atomic E-state index is 13.4. The van der Waals surface area contributed by atoms with Crippen LogP contribution in [0.1, 0.15) is 59.3 Å². The van der Waals surface area contributed by atoms with Crippen LogP contribution < -0.4 is 5.32 Å². The Morgan fingerprint density at radius 2 is 2.00 bits per heavy atom. The SMILES string of the molecule is CC1CCN(C(=O)C2(C(C)C)CCNC2)C2CCCCC12. The number of amides is 1. The number of hydrogen-bond donors (Lipinski definition) is 1. The molecule has 0 bridgehead atoms. The van der Waals surface area contributed by atoms with Gasteiger partial charge in [-0.05, 0) is 50.0 Å². The summed E-state index contributed by atoms with van der Waals surface area (Å²) in [4.78, 5) is 15.7. The van der Waals surface area contributed by atoms with Gasteiger partial charge in [-0.25, -0.2) is 0 Å². The number of fused-ring (bicyclic) bond motifs is 1. The molecule has 1 aliphatic carbocycles. The van der Waals surface area contributed by atoms with Crippen molar-refractivity contribution in [3.8, 4) is 0 Å². The molecule has 2 aliphatic heterocycles. The fourth-order valence-corrected chi connectivity index (χ4v) is 5.09. The van der Waals surface area contributed by atoms with Crippen LogP contribution in [0.4, 0.5) is 0 Å². The lowest BCUT2D eigenvalue weighted by Crippen LogP contribution is -2.58. The Hall–Kier alpha value is -0.570. The van der Waals surface area contributed by atoms with Crippen LogP contribution in [0.2, 0.25) is 0 Å². The normalized spacial score (nSPS) is 40.4. The van der Waals surface area contributed by atoms with Crippen LogP contribution in [0.25, 0.3) is 0 Å². The van der Waals surface area contributed by atoms with E-state index in [-0.39, 0.29) is 5.41 Å². The van der Waals surface area contributed by atoms with Gasteiger partial charge >= 0.3 is 0 Å². The summed E-state index contributed by atoms with van der Waals surface area (Å²) in [6.07, 6.45) is 7.47. The highest BCUT2D eigenvalue weighted by atomic mass is 16.2. The fourth-order valence-electron chi connectivity index (χ4n) is 5.09. The van der Waals surface area contributed by atoms with Crippen LogP contribution in [-0.4, -0.2) is 36.5 Å². The van der Waals surface area contributed by atoms with Crippen LogP contribution in [-0.2, 0) is 4.79 Å². The quantitative estimate of drug-likeness (QED) is 0.848. The van der Waals surface area contributed by atoms with Crippen LogP contribution >= 0.6 is 0 Å². The Bertz CT molecular complexity index is 387. The molecule has 21 heavy (non-hydrogen) atoms. The minimum atomic E-state index is -0.136. The van der Waals surface area contributed by atoms with E-state index in [0.29, 0.717) is 17.9 Å². The molecule has 0 aromatic carbocycles. The summed E-state index contributed by atoms with van der Waals surface area (Å²) >= 11 is 0. The predicted molar refractivity (Wildman–Crippen MR) is 86.0 cm³/mol. The second kappa shape index (κ2) is 5.91. The summed E-state index contributed by atoms with van der Waals surface area (Å²) in [5, 5.41) is 3.45. The predicted octanol–water partition coefficient (Wildman–Crippen LogP) is 3.05. The lowest BCUT2D eigenvalue weighted by molar-refractivity contribution is -0.152. The molecule has 4 atom stereocenters. The van der Waals surface area contributed by atoms with Crippen LogP contribution in [0.3, 0.4) is 0 Å². The number of rotatable bonds is 2. The number of likely N-dealkylation sites (tertiary alicyclic amines) is 1. The summed E-state index contributed by atoms with van der Waals surface area (Å²) in [5.74, 6) is 2.46. The Balaban J connectivity index is 1.83. The third-order valence-electron chi connectivity index (χ3n) is 6.72. The van der Waals surface area contributed by atoms with Gasteiger partial charge in [-0.1, -0.05) is 33.6 Å². The molecular weight excluding hydrogens is 260 g/mol. The third kappa shape index (κ3) is 2.52. The standard InChI is InChI=1S/C18H32N2O/c1-13(2)18(9-10-19-12-18)17(21)20-11-8-14(3)15-6-4-5-7-16(15)20/h13-16,19H,4-12H2,1-3H3. The van der Waals surface area contributed by atoms with E-state index in [1.54, 1.807) is 0 Å². The molecule has 3 rings (SSSR count). The van der Waals surface area contributed by atoms with Crippen molar-refractivity contribution in [3.05, 3.63) is 0 Å². The van der Waals surface area contributed by atoms with E-state index in [4.69, 9.17) is 0 Å². The number of nitrogens with zero attached hydrogens (tertiary/aromatic N) is 1. The van der Waals surface area contributed by atoms with Gasteiger partial charge in [0.05, 0.1) is 5.41 Å². The van der Waals surface area contributed by atoms with Crippen LogP contribution in [0.5, 0.6) is 0 Å². The summed E-state index contributed by atoms with van der Waals surface area (Å²) in [7, 11) is 0. The van der Waals surface area contributed by atoms with Crippen molar-refractivity contribution < 1.29 is 4.79 Å². The largest absolute Gasteiger partial charge is 0.339 e. The third-order valence-corrected chi connectivity index (χ3v) is 6.72. The summed E-state index contributed by atoms with van der Waals surface area (Å²) in [6.45, 7) is 9.75. The van der Waals surface area contributed by atoms with Crippen molar-refractivity contribution >= 4 is 5.91 Å². The first-order valence-electron chi connectivity index (χ1n) is 9.08. The number of hydrogen-bond acceptors (Lipinski definition) is 2. The van der Waals surface area contributed by atoms with Crippen molar-refractivity contribution in [1.29, 1.82) is 0 Å². The monoisotopic (exact) mass is 292 g/mol. The molecule has 0 aromatic heterocycles. The average molecular weight is 292 g/mol. The molecule has 0 spiro atoms. The molecule has 2 saturated heterocycles. The highest BCUT2D eigenvalue weighted by Gasteiger charge is 2.49. The number of piperidine rings is 1. The van der Waals surface area contributed by atoms with Gasteiger partial charge < -0.3 is 10.2 Å². The highest BCUT2D eigenvalue weighted by Crippen LogP contribution is 2.43. The summed E-state index contributed by atoms with van der Waals surface area (Å²) < 4.78 is 0. The number of nitrogens with one attached hydrogen (secondary N) is 1. The van der Waals surface area contributed by atoms with Crippen LogP contribution in [0.15, 0.2) is 0 Å². The smallest absolute Gasteiger partial charge is 0.230 e. The molecule has 3 heteroatoms. The zero-order valence-corrected chi connectivity index (χ0v) is 14.0. The molecule has 1 amide bonds. The van der Waals surface area contributed by atoms with Gasteiger partial charge in [0, 0.05) is 19.1 Å². The van der Waals surface area contributed by atoms with Gasteiger partial charge in [0.2, 0.25) is 5.91 Å². The van der Waals surface area contributed by atoms with E-state index in [0.717, 1.165) is 37.9 Å². The van der Waals surface area contributed by atoms with E-state index in [2.05, 4.69) is 31.0 Å². The van der Waals surface area contributed by atoms with Crippen LogP contribution in [0, 0.1) is 23.2 Å². The first kappa shape index (κ1) is 15.3. The van der Waals surface area contributed by atoms with Gasteiger partial charge in [-0.3, -0.25) is 4.79 Å². The van der Waals surface area contributed by atoms with Gasteiger partial charge in [0.1, 0.15) is 0 Å². The number of carbonyl (C=O) groups is 1. The molecule has 3 aliphatic rings. The maximum Gasteiger partial charge on any atom is 0.230 e. The van der Waals surface area contributed by atoms with Crippen molar-refractivity contribution in [2.24, 2.45) is 23.2 Å². The Kier molecular flexibility index (Phi) is 4.31. The number of carbonyl (C=O) groups excluding carboxylic acids is 1. The fraction of sp³-hybridized carbons (Fsp3) is 0.944. The van der Waals surface area contributed by atoms with E-state index < -0.39 is 0 Å². The van der Waals surface area contributed by atoms with E-state index in [1.165, 1.54) is 32.1 Å². The zero-order chi connectivity index (χ0) is 15.0. The molecule has 120 valence electrons. The summed E-state index contributed by atoms with van der Waals surface area (Å²) in [5.41, 5.74) is -0.136. The molecule has 3 nitrogen and oxygen atoms in total. The first-order chi connectivity index (χ1) is 10.1. The average Bonchev–Trinajstić information content (AvgIpc) is 2.98. The Morgan fingerprint density at radius 1 is 1.24 bits per heavy atom. The second-order valence-corrected chi connectivity index (χ2v) is 8.02. The zero-order valence-electron chi connectivity index (χ0n) is 14.0. The lowest BCUT2D eigenvalue weighted by atomic mass is 9.70. The lowest BCUT2D eigenvalue weighted by Gasteiger charge is -2.50. The minimum Gasteiger partial charge on any atom is -0.339 e. The van der Waals surface area contributed by atoms with E-state index in [9.17, 15) is 4.79 Å². The van der Waals surface area contributed by atoms with Gasteiger partial charge in [0.15, 0.2) is 0 Å². The van der Waals surface area contributed by atoms with Crippen molar-refractivity contribution in [1.82, 2.24) is 10.2 Å². The van der Waals surface area contributed by atoms with Crippen molar-refractivity contribution in [2.45, 2.75) is 65.3 Å². The molecule has 0 radical (unpaired) electrons. The maximum atomic E-state index is 13.4. The van der Waals surface area contributed by atoms with Gasteiger partial charge in [0.25, 0.3) is 0 Å². The molecule has 2 heterocycles.